The number of fused-ring (bicyclic) bond motifs is 2. The van der Waals surface area contributed by atoms with Gasteiger partial charge < -0.3 is 10.6 Å². The number of ketones is 2. The first-order valence-electron chi connectivity index (χ1n) is 14.8. The first-order valence-corrected chi connectivity index (χ1v) is 14.8. The van der Waals surface area contributed by atoms with Crippen molar-refractivity contribution in [1.82, 2.24) is 0 Å². The largest absolute Gasteiger partial charge is 0.360 e. The molecule has 4 aromatic carbocycles. The van der Waals surface area contributed by atoms with Crippen LogP contribution in [0.5, 0.6) is 0 Å². The molecule has 2 aliphatic rings. The van der Waals surface area contributed by atoms with Crippen LogP contribution in [0, 0.1) is 41.5 Å². The van der Waals surface area contributed by atoms with Crippen LogP contribution >= 0.6 is 0 Å². The van der Waals surface area contributed by atoms with Gasteiger partial charge in [-0.05, 0) is 98.2 Å². The standard InChI is InChI=1S/2C20H19NO.Ni/c2*1-13-10-14(2)20(15(3)11-13)21-12-18-17-7-5-4-6-16(17)8-9-19(18)22;/h2*4-12,21H,1-3H3;/b18-12+;18-12-;. The van der Waals surface area contributed by atoms with Crippen LogP contribution in [-0.2, 0) is 26.1 Å². The number of allylic oxidation sites excluding steroid dienone is 4. The van der Waals surface area contributed by atoms with Crippen molar-refractivity contribution in [2.45, 2.75) is 41.5 Å². The average molecular weight is 637 g/mol. The van der Waals surface area contributed by atoms with E-state index in [1.165, 1.54) is 33.4 Å². The van der Waals surface area contributed by atoms with Gasteiger partial charge in [0.2, 0.25) is 0 Å². The Morgan fingerprint density at radius 2 is 0.822 bits per heavy atom. The minimum absolute atomic E-state index is 0. The quantitative estimate of drug-likeness (QED) is 0.173. The number of carbonyl (C=O) groups is 2. The molecular formula is C40H38N2NiO2. The molecule has 230 valence electrons. The molecule has 0 unspecified atom stereocenters. The zero-order chi connectivity index (χ0) is 31.4. The molecule has 5 heteroatoms. The Kier molecular flexibility index (Phi) is 10.6. The maximum absolute atomic E-state index is 12.2. The first kappa shape index (κ1) is 33.2. The number of benzene rings is 4. The normalized spacial score (nSPS) is 14.7. The van der Waals surface area contributed by atoms with Crippen molar-refractivity contribution in [2.75, 3.05) is 10.6 Å². The van der Waals surface area contributed by atoms with Crippen LogP contribution in [0.4, 0.5) is 11.4 Å². The zero-order valence-electron chi connectivity index (χ0n) is 26.5. The Bertz CT molecular complexity index is 1720. The maximum Gasteiger partial charge on any atom is 0.187 e. The molecule has 0 aliphatic heterocycles. The maximum atomic E-state index is 12.2. The molecule has 4 aromatic rings. The van der Waals surface area contributed by atoms with Crippen LogP contribution in [0.15, 0.2) is 97.3 Å². The third-order valence-corrected chi connectivity index (χ3v) is 7.94. The SMILES string of the molecule is Cc1cc(C)c(N/C=C2/C(=O)C=Cc3ccccc32)c(C)c1.Cc1cc(C)c(N/C=C2\C(=O)C=Cc3ccccc32)c(C)c1.[Ni]. The van der Waals surface area contributed by atoms with Crippen molar-refractivity contribution in [3.8, 4) is 0 Å². The number of nitrogens with one attached hydrogen (secondary N) is 2. The van der Waals surface area contributed by atoms with Gasteiger partial charge in [-0.2, -0.15) is 0 Å². The molecule has 0 aromatic heterocycles. The van der Waals surface area contributed by atoms with Gasteiger partial charge in [0.15, 0.2) is 11.6 Å². The summed E-state index contributed by atoms with van der Waals surface area (Å²) in [6.07, 6.45) is 10.7. The Balaban J connectivity index is 0.000000200. The van der Waals surface area contributed by atoms with Crippen molar-refractivity contribution in [1.29, 1.82) is 0 Å². The van der Waals surface area contributed by atoms with Gasteiger partial charge in [0.25, 0.3) is 0 Å². The molecule has 4 nitrogen and oxygen atoms in total. The molecule has 0 saturated heterocycles. The van der Waals surface area contributed by atoms with Crippen molar-refractivity contribution >= 4 is 46.2 Å². The molecule has 0 spiro atoms. The van der Waals surface area contributed by atoms with Crippen LogP contribution in [-0.4, -0.2) is 11.6 Å². The number of hydrogen-bond donors (Lipinski definition) is 2. The fraction of sp³-hybridized carbons (Fsp3) is 0.150. The van der Waals surface area contributed by atoms with Crippen LogP contribution in [0.25, 0.3) is 23.3 Å². The molecule has 0 saturated carbocycles. The van der Waals surface area contributed by atoms with Crippen LogP contribution in [0.2, 0.25) is 0 Å². The molecule has 0 fully saturated rings. The Hall–Kier alpha value is -4.73. The molecular weight excluding hydrogens is 599 g/mol. The van der Waals surface area contributed by atoms with E-state index in [4.69, 9.17) is 0 Å². The third-order valence-electron chi connectivity index (χ3n) is 7.94. The predicted molar refractivity (Wildman–Crippen MR) is 185 cm³/mol. The summed E-state index contributed by atoms with van der Waals surface area (Å²) in [7, 11) is 0. The van der Waals surface area contributed by atoms with Gasteiger partial charge in [-0.3, -0.25) is 9.59 Å². The van der Waals surface area contributed by atoms with E-state index in [1.54, 1.807) is 12.2 Å². The van der Waals surface area contributed by atoms with E-state index < -0.39 is 0 Å². The van der Waals surface area contributed by atoms with Gasteiger partial charge in [0.05, 0.1) is 0 Å². The van der Waals surface area contributed by atoms with E-state index in [-0.39, 0.29) is 28.1 Å². The Labute approximate surface area is 276 Å². The summed E-state index contributed by atoms with van der Waals surface area (Å²) in [5.74, 6) is 0.0715. The summed E-state index contributed by atoms with van der Waals surface area (Å²) < 4.78 is 0. The summed E-state index contributed by atoms with van der Waals surface area (Å²) in [5, 5.41) is 6.67. The predicted octanol–water partition coefficient (Wildman–Crippen LogP) is 9.32. The summed E-state index contributed by atoms with van der Waals surface area (Å²) >= 11 is 0. The van der Waals surface area contributed by atoms with Gasteiger partial charge in [0.1, 0.15) is 0 Å². The summed E-state index contributed by atoms with van der Waals surface area (Å²) in [6.45, 7) is 12.5. The van der Waals surface area contributed by atoms with E-state index in [0.29, 0.717) is 11.1 Å². The summed E-state index contributed by atoms with van der Waals surface area (Å²) in [6, 6.07) is 24.5. The van der Waals surface area contributed by atoms with E-state index in [2.05, 4.69) is 76.4 Å². The second-order valence-electron chi connectivity index (χ2n) is 11.5. The Morgan fingerprint density at radius 1 is 0.489 bits per heavy atom. The molecule has 0 amide bonds. The fourth-order valence-corrected chi connectivity index (χ4v) is 5.95. The first-order chi connectivity index (χ1) is 21.1. The van der Waals surface area contributed by atoms with Gasteiger partial charge in [-0.25, -0.2) is 0 Å². The molecule has 0 bridgehead atoms. The number of anilines is 2. The van der Waals surface area contributed by atoms with Crippen molar-refractivity contribution in [3.63, 3.8) is 0 Å². The number of aryl methyl sites for hydroxylation is 6. The van der Waals surface area contributed by atoms with Crippen LogP contribution in [0.3, 0.4) is 0 Å². The minimum atomic E-state index is 0. The zero-order valence-corrected chi connectivity index (χ0v) is 27.5. The van der Waals surface area contributed by atoms with E-state index >= 15 is 0 Å². The summed E-state index contributed by atoms with van der Waals surface area (Å²) in [4.78, 5) is 24.4. The monoisotopic (exact) mass is 636 g/mol. The molecule has 0 radical (unpaired) electrons. The number of rotatable bonds is 4. The van der Waals surface area contributed by atoms with Crippen LogP contribution < -0.4 is 10.6 Å². The van der Waals surface area contributed by atoms with Gasteiger partial charge >= 0.3 is 0 Å². The fourth-order valence-electron chi connectivity index (χ4n) is 5.95. The minimum Gasteiger partial charge on any atom is -0.360 e. The Morgan fingerprint density at radius 3 is 1.18 bits per heavy atom. The second kappa shape index (κ2) is 14.4. The molecule has 0 atom stereocenters. The molecule has 6 rings (SSSR count). The van der Waals surface area contributed by atoms with Crippen molar-refractivity contribution in [2.24, 2.45) is 0 Å². The average Bonchev–Trinajstić information content (AvgIpc) is 2.98. The molecule has 2 N–H and O–H groups in total. The van der Waals surface area contributed by atoms with Gasteiger partial charge in [0, 0.05) is 51.4 Å². The van der Waals surface area contributed by atoms with E-state index in [0.717, 1.165) is 33.6 Å². The molecule has 2 aliphatic carbocycles. The van der Waals surface area contributed by atoms with Gasteiger partial charge in [-0.1, -0.05) is 96.1 Å². The van der Waals surface area contributed by atoms with Crippen molar-refractivity contribution < 1.29 is 26.1 Å². The van der Waals surface area contributed by atoms with E-state index in [1.807, 2.05) is 73.1 Å². The van der Waals surface area contributed by atoms with Crippen molar-refractivity contribution in [3.05, 3.63) is 153 Å². The molecule has 0 heterocycles. The van der Waals surface area contributed by atoms with Crippen LogP contribution in [0.1, 0.15) is 55.6 Å². The molecule has 45 heavy (non-hydrogen) atoms. The smallest absolute Gasteiger partial charge is 0.187 e. The third kappa shape index (κ3) is 7.50. The number of hydrogen-bond acceptors (Lipinski definition) is 4. The van der Waals surface area contributed by atoms with Gasteiger partial charge in [-0.15, -0.1) is 0 Å². The van der Waals surface area contributed by atoms with E-state index in [9.17, 15) is 9.59 Å². The second-order valence-corrected chi connectivity index (χ2v) is 11.5. The number of carbonyl (C=O) groups excluding carboxylic acids is 2. The topological polar surface area (TPSA) is 58.2 Å². The summed E-state index contributed by atoms with van der Waals surface area (Å²) in [5.41, 5.74) is 14.9.